The van der Waals surface area contributed by atoms with Gasteiger partial charge < -0.3 is 0 Å². The number of sulfonamides is 1. The lowest BCUT2D eigenvalue weighted by Crippen LogP contribution is -2.00. The molecule has 0 spiro atoms. The number of carbonyl (C=O) groups is 1. The summed E-state index contributed by atoms with van der Waals surface area (Å²) in [6, 6.07) is 6.42. The summed E-state index contributed by atoms with van der Waals surface area (Å²) >= 11 is 0. The van der Waals surface area contributed by atoms with Gasteiger partial charge in [0, 0.05) is 0 Å². The lowest BCUT2D eigenvalue weighted by atomic mass is 10.2. The van der Waals surface area contributed by atoms with Gasteiger partial charge in [0.2, 0.25) is 0 Å². The fourth-order valence-corrected chi connectivity index (χ4v) is 2.19. The van der Waals surface area contributed by atoms with Gasteiger partial charge in [0.05, 0.1) is 10.6 Å². The van der Waals surface area contributed by atoms with Crippen LogP contribution in [0.2, 0.25) is 0 Å². The maximum atomic E-state index is 11.8. The first-order valence-corrected chi connectivity index (χ1v) is 6.40. The number of hydrogen-bond donors (Lipinski definition) is 0. The predicted octanol–water partition coefficient (Wildman–Crippen LogP) is 1.90. The second kappa shape index (κ2) is 5.54. The molecule has 0 saturated heterocycles. The van der Waals surface area contributed by atoms with Gasteiger partial charge >= 0.3 is 0 Å². The number of hydrogen-bond acceptors (Lipinski definition) is 3. The zero-order valence-corrected chi connectivity index (χ0v) is 10.4. The van der Waals surface area contributed by atoms with Crippen molar-refractivity contribution in [3.63, 3.8) is 0 Å². The number of carbonyl (C=O) groups excluding carboxylic acids is 1. The molecular formula is C12H13NO3S. The van der Waals surface area contributed by atoms with Crippen LogP contribution in [0.5, 0.6) is 0 Å². The van der Waals surface area contributed by atoms with Gasteiger partial charge in [-0.25, -0.2) is 0 Å². The third-order valence-electron chi connectivity index (χ3n) is 2.00. The van der Waals surface area contributed by atoms with Crippen molar-refractivity contribution in [3.05, 3.63) is 42.0 Å². The van der Waals surface area contributed by atoms with Crippen LogP contribution in [0.25, 0.3) is 0 Å². The number of allylic oxidation sites excluding steroid dienone is 2. The van der Waals surface area contributed by atoms with Gasteiger partial charge in [-0.05, 0) is 38.1 Å². The summed E-state index contributed by atoms with van der Waals surface area (Å²) < 4.78 is 27.2. The van der Waals surface area contributed by atoms with Crippen molar-refractivity contribution in [2.45, 2.75) is 18.7 Å². The minimum atomic E-state index is -3.69. The van der Waals surface area contributed by atoms with Gasteiger partial charge in [0.1, 0.15) is 6.29 Å². The maximum Gasteiger partial charge on any atom is 0.282 e. The monoisotopic (exact) mass is 251 g/mol. The van der Waals surface area contributed by atoms with Crippen LogP contribution >= 0.6 is 0 Å². The zero-order chi connectivity index (χ0) is 12.9. The number of rotatable bonds is 4. The second-order valence-electron chi connectivity index (χ2n) is 3.52. The summed E-state index contributed by atoms with van der Waals surface area (Å²) in [5.41, 5.74) is 1.24. The molecule has 0 amide bonds. The molecule has 1 aromatic rings. The topological polar surface area (TPSA) is 63.6 Å². The summed E-state index contributed by atoms with van der Waals surface area (Å²) in [5.74, 6) is 0. The molecule has 17 heavy (non-hydrogen) atoms. The molecule has 4 nitrogen and oxygen atoms in total. The highest BCUT2D eigenvalue weighted by Crippen LogP contribution is 2.13. The molecule has 0 unspecified atom stereocenters. The van der Waals surface area contributed by atoms with Crippen LogP contribution in [0.4, 0.5) is 0 Å². The lowest BCUT2D eigenvalue weighted by Gasteiger charge is -2.00. The highest BCUT2D eigenvalue weighted by atomic mass is 32.2. The van der Waals surface area contributed by atoms with Crippen molar-refractivity contribution in [2.24, 2.45) is 4.40 Å². The van der Waals surface area contributed by atoms with Crippen molar-refractivity contribution in [3.8, 4) is 0 Å². The van der Waals surface area contributed by atoms with E-state index in [9.17, 15) is 13.2 Å². The Morgan fingerprint density at radius 3 is 2.35 bits per heavy atom. The highest BCUT2D eigenvalue weighted by Gasteiger charge is 2.11. The summed E-state index contributed by atoms with van der Waals surface area (Å²) in [6.07, 6.45) is 3.11. The second-order valence-corrected chi connectivity index (χ2v) is 5.12. The van der Waals surface area contributed by atoms with E-state index < -0.39 is 10.0 Å². The van der Waals surface area contributed by atoms with Crippen LogP contribution in [-0.4, -0.2) is 20.4 Å². The van der Waals surface area contributed by atoms with Gasteiger partial charge in [-0.2, -0.15) is 12.8 Å². The lowest BCUT2D eigenvalue weighted by molar-refractivity contribution is -0.104. The molecule has 0 aliphatic heterocycles. The van der Waals surface area contributed by atoms with Crippen LogP contribution in [0.15, 0.2) is 45.7 Å². The minimum Gasteiger partial charge on any atom is -0.299 e. The Hall–Kier alpha value is -1.75. The van der Waals surface area contributed by atoms with Crippen LogP contribution in [0, 0.1) is 6.92 Å². The van der Waals surface area contributed by atoms with E-state index >= 15 is 0 Å². The molecule has 0 heterocycles. The first kappa shape index (κ1) is 13.3. The first-order chi connectivity index (χ1) is 7.95. The molecule has 0 aliphatic rings. The summed E-state index contributed by atoms with van der Waals surface area (Å²) in [5, 5.41) is 0. The average Bonchev–Trinajstić information content (AvgIpc) is 2.26. The fourth-order valence-electron chi connectivity index (χ4n) is 1.16. The molecule has 5 heteroatoms. The van der Waals surface area contributed by atoms with E-state index in [1.165, 1.54) is 31.2 Å². The van der Waals surface area contributed by atoms with Gasteiger partial charge in [-0.1, -0.05) is 17.7 Å². The minimum absolute atomic E-state index is 0.141. The molecule has 0 atom stereocenters. The smallest absolute Gasteiger partial charge is 0.282 e. The molecule has 1 rings (SSSR count). The normalized spacial score (nSPS) is 12.9. The molecule has 0 aromatic heterocycles. The van der Waals surface area contributed by atoms with Gasteiger partial charge in [-0.3, -0.25) is 4.79 Å². The Bertz CT molecular complexity index is 554. The van der Waals surface area contributed by atoms with Crippen molar-refractivity contribution in [2.75, 3.05) is 0 Å². The molecule has 0 fully saturated rings. The Labute approximate surface area is 101 Å². The highest BCUT2D eigenvalue weighted by molar-refractivity contribution is 7.90. The molecule has 90 valence electrons. The maximum absolute atomic E-state index is 11.8. The molecular weight excluding hydrogens is 238 g/mol. The van der Waals surface area contributed by atoms with E-state index in [1.807, 2.05) is 6.92 Å². The van der Waals surface area contributed by atoms with E-state index in [1.54, 1.807) is 12.1 Å². The number of aldehydes is 1. The Morgan fingerprint density at radius 1 is 1.24 bits per heavy atom. The van der Waals surface area contributed by atoms with Gasteiger partial charge in [0.25, 0.3) is 10.0 Å². The largest absolute Gasteiger partial charge is 0.299 e. The Balaban J connectivity index is 3.08. The molecule has 1 aromatic carbocycles. The number of nitrogens with zero attached hydrogens (tertiary/aromatic N) is 1. The molecule has 0 radical (unpaired) electrons. The quantitative estimate of drug-likeness (QED) is 0.466. The molecule has 0 bridgehead atoms. The van der Waals surface area contributed by atoms with E-state index in [0.29, 0.717) is 6.29 Å². The zero-order valence-electron chi connectivity index (χ0n) is 9.62. The van der Waals surface area contributed by atoms with Crippen molar-refractivity contribution in [1.82, 2.24) is 0 Å². The van der Waals surface area contributed by atoms with Crippen molar-refractivity contribution < 1.29 is 13.2 Å². The van der Waals surface area contributed by atoms with E-state index in [4.69, 9.17) is 0 Å². The molecule has 0 aliphatic carbocycles. The SMILES string of the molecule is CC(/C=C\C=O)=N\S(=O)(=O)c1ccc(C)cc1. The Morgan fingerprint density at radius 2 is 1.82 bits per heavy atom. The number of aryl methyl sites for hydroxylation is 1. The van der Waals surface area contributed by atoms with Crippen LogP contribution in [0.3, 0.4) is 0 Å². The third-order valence-corrected chi connectivity index (χ3v) is 3.40. The molecule has 0 N–H and O–H groups in total. The fraction of sp³-hybridized carbons (Fsp3) is 0.167. The van der Waals surface area contributed by atoms with Crippen molar-refractivity contribution >= 4 is 22.0 Å². The third kappa shape index (κ3) is 3.96. The van der Waals surface area contributed by atoms with E-state index in [2.05, 4.69) is 4.40 Å². The van der Waals surface area contributed by atoms with Gasteiger partial charge in [0.15, 0.2) is 0 Å². The van der Waals surface area contributed by atoms with Crippen molar-refractivity contribution in [1.29, 1.82) is 0 Å². The summed E-state index contributed by atoms with van der Waals surface area (Å²) in [7, 11) is -3.69. The van der Waals surface area contributed by atoms with Crippen LogP contribution < -0.4 is 0 Å². The predicted molar refractivity (Wildman–Crippen MR) is 66.7 cm³/mol. The van der Waals surface area contributed by atoms with Crippen LogP contribution in [-0.2, 0) is 14.8 Å². The van der Waals surface area contributed by atoms with E-state index in [-0.39, 0.29) is 10.6 Å². The van der Waals surface area contributed by atoms with E-state index in [0.717, 1.165) is 5.56 Å². The van der Waals surface area contributed by atoms with Gasteiger partial charge in [-0.15, -0.1) is 0 Å². The average molecular weight is 251 g/mol. The molecule has 0 saturated carbocycles. The Kier molecular flexibility index (Phi) is 4.34. The standard InChI is InChI=1S/C12H13NO3S/c1-10-5-7-12(8-6-10)17(15,16)13-11(2)4-3-9-14/h3-9H,1-2H3/b4-3-,13-11+. The van der Waals surface area contributed by atoms with Crippen LogP contribution in [0.1, 0.15) is 12.5 Å². The first-order valence-electron chi connectivity index (χ1n) is 4.96. The number of benzene rings is 1. The summed E-state index contributed by atoms with van der Waals surface area (Å²) in [4.78, 5) is 10.2. The summed E-state index contributed by atoms with van der Waals surface area (Å²) in [6.45, 7) is 3.39.